The second kappa shape index (κ2) is 11.0. The molecule has 4 aromatic rings. The lowest BCUT2D eigenvalue weighted by Crippen LogP contribution is -2.02. The third-order valence-electron chi connectivity index (χ3n) is 5.34. The molecule has 1 heterocycles. The van der Waals surface area contributed by atoms with Crippen LogP contribution in [0.5, 0.6) is 17.2 Å². The van der Waals surface area contributed by atoms with Crippen LogP contribution in [0.1, 0.15) is 23.9 Å². The van der Waals surface area contributed by atoms with Crippen LogP contribution in [-0.4, -0.2) is 21.4 Å². The van der Waals surface area contributed by atoms with E-state index in [1.54, 1.807) is 49.4 Å². The Morgan fingerprint density at radius 3 is 2.58 bits per heavy atom. The Kier molecular flexibility index (Phi) is 7.44. The second-order valence-electron chi connectivity index (χ2n) is 7.86. The first-order chi connectivity index (χ1) is 18.3. The maximum absolute atomic E-state index is 11.6. The zero-order valence-corrected chi connectivity index (χ0v) is 20.1. The smallest absolute Gasteiger partial charge is 0.318 e. The number of benzene rings is 3. The largest absolute Gasteiger partial charge is 0.490 e. The molecule has 1 aromatic heterocycles. The number of allylic oxidation sites excluding steroid dienone is 2. The molecule has 190 valence electrons. The second-order valence-corrected chi connectivity index (χ2v) is 7.86. The summed E-state index contributed by atoms with van der Waals surface area (Å²) < 4.78 is 17.4. The van der Waals surface area contributed by atoms with Crippen molar-refractivity contribution in [3.8, 4) is 23.3 Å². The number of hydrogen-bond donors (Lipinski definition) is 0. The first-order valence-electron chi connectivity index (χ1n) is 11.3. The molecule has 0 N–H and O–H groups in total. The molecule has 0 fully saturated rings. The molecule has 0 unspecified atom stereocenters. The average molecular weight is 512 g/mol. The third-order valence-corrected chi connectivity index (χ3v) is 5.34. The average Bonchev–Trinajstić information content (AvgIpc) is 3.33. The number of ether oxygens (including phenoxy) is 2. The number of aromatic nitrogens is 1. The predicted octanol–water partition coefficient (Wildman–Crippen LogP) is 6.63. The number of non-ortho nitro benzene ring substituents is 1. The van der Waals surface area contributed by atoms with Crippen LogP contribution in [0, 0.1) is 31.6 Å². The number of fused-ring (bicyclic) bond motifs is 1. The molecule has 0 spiro atoms. The van der Waals surface area contributed by atoms with Crippen LogP contribution in [0.25, 0.3) is 22.7 Å². The van der Waals surface area contributed by atoms with E-state index in [1.807, 2.05) is 6.07 Å². The fourth-order valence-electron chi connectivity index (χ4n) is 3.71. The highest BCUT2D eigenvalue weighted by Gasteiger charge is 2.24. The number of para-hydroxylation sites is 2. The number of nitrogens with zero attached hydrogens (tertiary/aromatic N) is 4. The molecule has 0 aliphatic rings. The van der Waals surface area contributed by atoms with Crippen LogP contribution in [-0.2, 0) is 6.42 Å². The molecule has 11 nitrogen and oxygen atoms in total. The van der Waals surface area contributed by atoms with E-state index in [0.29, 0.717) is 28.6 Å². The zero-order valence-electron chi connectivity index (χ0n) is 20.1. The predicted molar refractivity (Wildman–Crippen MR) is 139 cm³/mol. The molecule has 0 radical (unpaired) electrons. The minimum atomic E-state index is -0.757. The van der Waals surface area contributed by atoms with Gasteiger partial charge >= 0.3 is 5.69 Å². The van der Waals surface area contributed by atoms with Crippen molar-refractivity contribution < 1.29 is 23.7 Å². The number of nitro benzene ring substituents is 2. The minimum absolute atomic E-state index is 0.152. The SMILES string of the molecule is C=CCc1cc(/C=C(\C#N)c2nc3ccccc3o2)cc(OCC)c1Oc1ccc([N+](=O)[O-])cc1[N+](=O)[O-]. The Balaban J connectivity index is 1.82. The summed E-state index contributed by atoms with van der Waals surface area (Å²) in [7, 11) is 0. The minimum Gasteiger partial charge on any atom is -0.490 e. The van der Waals surface area contributed by atoms with E-state index in [9.17, 15) is 25.5 Å². The van der Waals surface area contributed by atoms with Gasteiger partial charge in [0.15, 0.2) is 17.1 Å². The molecule has 4 rings (SSSR count). The Morgan fingerprint density at radius 1 is 1.13 bits per heavy atom. The van der Waals surface area contributed by atoms with Crippen molar-refractivity contribution in [2.45, 2.75) is 13.3 Å². The van der Waals surface area contributed by atoms with Crippen LogP contribution in [0.2, 0.25) is 0 Å². The molecule has 11 heteroatoms. The van der Waals surface area contributed by atoms with Crippen LogP contribution >= 0.6 is 0 Å². The van der Waals surface area contributed by atoms with Crippen molar-refractivity contribution >= 4 is 34.1 Å². The molecule has 3 aromatic carbocycles. The Labute approximate surface area is 216 Å². The van der Waals surface area contributed by atoms with E-state index < -0.39 is 21.2 Å². The molecule has 0 bridgehead atoms. The van der Waals surface area contributed by atoms with E-state index in [4.69, 9.17) is 13.9 Å². The molecular formula is C27H20N4O7. The normalized spacial score (nSPS) is 11.1. The number of oxazole rings is 1. The van der Waals surface area contributed by atoms with Crippen molar-refractivity contribution in [1.82, 2.24) is 4.98 Å². The van der Waals surface area contributed by atoms with E-state index >= 15 is 0 Å². The van der Waals surface area contributed by atoms with Gasteiger partial charge in [0.1, 0.15) is 17.2 Å². The van der Waals surface area contributed by atoms with E-state index in [-0.39, 0.29) is 35.3 Å². The topological polar surface area (TPSA) is 155 Å². The molecule has 0 atom stereocenters. The quantitative estimate of drug-likeness (QED) is 0.0985. The van der Waals surface area contributed by atoms with Crippen LogP contribution in [0.15, 0.2) is 71.7 Å². The molecule has 0 saturated carbocycles. The van der Waals surface area contributed by atoms with Gasteiger partial charge in [-0.1, -0.05) is 18.2 Å². The van der Waals surface area contributed by atoms with Gasteiger partial charge in [0.2, 0.25) is 11.6 Å². The van der Waals surface area contributed by atoms with Crippen molar-refractivity contribution in [1.29, 1.82) is 5.26 Å². The van der Waals surface area contributed by atoms with Gasteiger partial charge in [-0.05, 0) is 55.3 Å². The lowest BCUT2D eigenvalue weighted by atomic mass is 10.0. The molecule has 0 aliphatic carbocycles. The number of rotatable bonds is 10. The number of hydrogen-bond acceptors (Lipinski definition) is 9. The number of nitro groups is 2. The fourth-order valence-corrected chi connectivity index (χ4v) is 3.71. The highest BCUT2D eigenvalue weighted by Crippen LogP contribution is 2.41. The van der Waals surface area contributed by atoms with E-state index in [0.717, 1.165) is 12.1 Å². The summed E-state index contributed by atoms with van der Waals surface area (Å²) in [6, 6.07) is 15.7. The van der Waals surface area contributed by atoms with Crippen molar-refractivity contribution in [3.05, 3.63) is 104 Å². The molecular weight excluding hydrogens is 492 g/mol. The summed E-state index contributed by atoms with van der Waals surface area (Å²) in [6.07, 6.45) is 3.49. The first-order valence-corrected chi connectivity index (χ1v) is 11.3. The van der Waals surface area contributed by atoms with Crippen molar-refractivity contribution in [2.75, 3.05) is 6.61 Å². The first kappa shape index (κ1) is 25.6. The van der Waals surface area contributed by atoms with Gasteiger partial charge in [-0.3, -0.25) is 20.2 Å². The fraction of sp³-hybridized carbons (Fsp3) is 0.111. The van der Waals surface area contributed by atoms with Gasteiger partial charge in [0, 0.05) is 11.6 Å². The lowest BCUT2D eigenvalue weighted by Gasteiger charge is -2.16. The van der Waals surface area contributed by atoms with Crippen LogP contribution < -0.4 is 9.47 Å². The summed E-state index contributed by atoms with van der Waals surface area (Å²) in [5, 5.41) is 32.5. The molecule has 0 amide bonds. The van der Waals surface area contributed by atoms with Gasteiger partial charge in [0.05, 0.1) is 22.5 Å². The summed E-state index contributed by atoms with van der Waals surface area (Å²) >= 11 is 0. The third kappa shape index (κ3) is 5.34. The molecule has 0 aliphatic heterocycles. The highest BCUT2D eigenvalue weighted by molar-refractivity contribution is 5.89. The zero-order chi connectivity index (χ0) is 27.2. The lowest BCUT2D eigenvalue weighted by molar-refractivity contribution is -0.394. The maximum atomic E-state index is 11.6. The Bertz CT molecular complexity index is 1600. The highest BCUT2D eigenvalue weighted by atomic mass is 16.6. The van der Waals surface area contributed by atoms with Gasteiger partial charge in [-0.2, -0.15) is 5.26 Å². The Morgan fingerprint density at radius 2 is 1.92 bits per heavy atom. The van der Waals surface area contributed by atoms with E-state index in [2.05, 4.69) is 17.6 Å². The van der Waals surface area contributed by atoms with Crippen molar-refractivity contribution in [3.63, 3.8) is 0 Å². The van der Waals surface area contributed by atoms with Crippen LogP contribution in [0.3, 0.4) is 0 Å². The standard InChI is InChI=1S/C27H20N4O7/c1-3-7-18-12-17(13-19(16-28)27-29-21-8-5-6-9-23(21)38-27)14-25(36-4-2)26(18)37-24-11-10-20(30(32)33)15-22(24)31(34)35/h3,5-6,8-15H,1,4,7H2,2H3/b19-13+. The summed E-state index contributed by atoms with van der Waals surface area (Å²) in [6.45, 7) is 5.77. The van der Waals surface area contributed by atoms with Gasteiger partial charge in [0.25, 0.3) is 5.69 Å². The summed E-state index contributed by atoms with van der Waals surface area (Å²) in [5.74, 6) is 0.389. The summed E-state index contributed by atoms with van der Waals surface area (Å²) in [4.78, 5) is 25.6. The molecule has 38 heavy (non-hydrogen) atoms. The van der Waals surface area contributed by atoms with Crippen molar-refractivity contribution in [2.24, 2.45) is 0 Å². The van der Waals surface area contributed by atoms with Gasteiger partial charge in [-0.25, -0.2) is 4.98 Å². The van der Waals surface area contributed by atoms with Gasteiger partial charge < -0.3 is 13.9 Å². The van der Waals surface area contributed by atoms with Gasteiger partial charge in [-0.15, -0.1) is 6.58 Å². The van der Waals surface area contributed by atoms with E-state index in [1.165, 1.54) is 6.07 Å². The molecule has 0 saturated heterocycles. The number of nitriles is 1. The monoisotopic (exact) mass is 512 g/mol. The maximum Gasteiger partial charge on any atom is 0.318 e. The summed E-state index contributed by atoms with van der Waals surface area (Å²) in [5.41, 5.74) is 1.43. The Hall–Kier alpha value is -5.50. The van der Waals surface area contributed by atoms with Crippen LogP contribution in [0.4, 0.5) is 11.4 Å².